The molecule has 0 atom stereocenters. The van der Waals surface area contributed by atoms with Crippen LogP contribution in [0.3, 0.4) is 0 Å². The molecule has 0 aliphatic heterocycles. The molecule has 1 amide bonds. The Balaban J connectivity index is 0.00000160. The summed E-state index contributed by atoms with van der Waals surface area (Å²) in [6.45, 7) is 1.68. The molecule has 0 spiro atoms. The van der Waals surface area contributed by atoms with Gasteiger partial charge in [0.05, 0.1) is 23.9 Å². The molecule has 1 heterocycles. The predicted molar refractivity (Wildman–Crippen MR) is 134 cm³/mol. The van der Waals surface area contributed by atoms with Gasteiger partial charge in [-0.1, -0.05) is 54.6 Å². The van der Waals surface area contributed by atoms with Gasteiger partial charge in [-0.25, -0.2) is 0 Å². The van der Waals surface area contributed by atoms with Crippen molar-refractivity contribution in [1.82, 2.24) is 10.3 Å². The van der Waals surface area contributed by atoms with Crippen molar-refractivity contribution in [1.29, 1.82) is 0 Å². The first-order valence-corrected chi connectivity index (χ1v) is 9.36. The summed E-state index contributed by atoms with van der Waals surface area (Å²) in [6, 6.07) is 24.3. The van der Waals surface area contributed by atoms with Crippen molar-refractivity contribution in [3.8, 4) is 0 Å². The molecule has 0 aliphatic carbocycles. The largest absolute Gasteiger partial charge is 0.412 e. The van der Waals surface area contributed by atoms with E-state index in [0.717, 1.165) is 23.1 Å². The first kappa shape index (κ1) is 26.1. The highest BCUT2D eigenvalue weighted by Crippen LogP contribution is 2.22. The van der Waals surface area contributed by atoms with Crippen molar-refractivity contribution in [2.45, 2.75) is 0 Å². The van der Waals surface area contributed by atoms with Gasteiger partial charge in [-0.15, -0.1) is 24.8 Å². The SMILES string of the molecule is Cl.Cl.O.O=C(CNCCNc1cccc2ccccc12)Nc1cnc2ccccc2c1. The zero-order valence-electron chi connectivity index (χ0n) is 16.8. The minimum Gasteiger partial charge on any atom is -0.412 e. The summed E-state index contributed by atoms with van der Waals surface area (Å²) >= 11 is 0. The number of carbonyl (C=O) groups excluding carboxylic acids is 1. The number of amides is 1. The van der Waals surface area contributed by atoms with Crippen LogP contribution in [0.1, 0.15) is 0 Å². The summed E-state index contributed by atoms with van der Waals surface area (Å²) in [7, 11) is 0. The number of nitrogens with one attached hydrogen (secondary N) is 3. The zero-order chi connectivity index (χ0) is 19.2. The molecule has 0 fully saturated rings. The van der Waals surface area contributed by atoms with E-state index in [9.17, 15) is 4.79 Å². The van der Waals surface area contributed by atoms with Gasteiger partial charge in [-0.2, -0.15) is 0 Å². The topological polar surface area (TPSA) is 97.5 Å². The van der Waals surface area contributed by atoms with E-state index in [4.69, 9.17) is 0 Å². The van der Waals surface area contributed by atoms with E-state index in [-0.39, 0.29) is 42.7 Å². The second-order valence-corrected chi connectivity index (χ2v) is 6.60. The fourth-order valence-corrected chi connectivity index (χ4v) is 3.21. The molecule has 8 heteroatoms. The second-order valence-electron chi connectivity index (χ2n) is 6.60. The van der Waals surface area contributed by atoms with Crippen LogP contribution in [0, 0.1) is 0 Å². The number of para-hydroxylation sites is 1. The zero-order valence-corrected chi connectivity index (χ0v) is 18.4. The lowest BCUT2D eigenvalue weighted by atomic mass is 10.1. The van der Waals surface area contributed by atoms with Gasteiger partial charge in [0.15, 0.2) is 0 Å². The van der Waals surface area contributed by atoms with E-state index in [0.29, 0.717) is 12.2 Å². The number of halogens is 2. The number of nitrogens with zero attached hydrogens (tertiary/aromatic N) is 1. The van der Waals surface area contributed by atoms with Crippen LogP contribution in [0.5, 0.6) is 0 Å². The number of anilines is 2. The number of pyridine rings is 1. The Hall–Kier alpha value is -2.90. The molecule has 0 bridgehead atoms. The number of rotatable bonds is 7. The number of hydrogen-bond acceptors (Lipinski definition) is 4. The van der Waals surface area contributed by atoms with Gasteiger partial charge >= 0.3 is 0 Å². The van der Waals surface area contributed by atoms with E-state index >= 15 is 0 Å². The molecule has 5 N–H and O–H groups in total. The summed E-state index contributed by atoms with van der Waals surface area (Å²) in [6.07, 6.45) is 1.68. The van der Waals surface area contributed by atoms with E-state index < -0.39 is 0 Å². The maximum atomic E-state index is 12.1. The van der Waals surface area contributed by atoms with Gasteiger partial charge in [0.25, 0.3) is 0 Å². The van der Waals surface area contributed by atoms with E-state index in [1.54, 1.807) is 6.20 Å². The van der Waals surface area contributed by atoms with Crippen LogP contribution in [0.4, 0.5) is 11.4 Å². The molecule has 31 heavy (non-hydrogen) atoms. The van der Waals surface area contributed by atoms with E-state index in [1.165, 1.54) is 10.8 Å². The minimum atomic E-state index is -0.0813. The smallest absolute Gasteiger partial charge is 0.238 e. The van der Waals surface area contributed by atoms with Crippen molar-refractivity contribution < 1.29 is 10.3 Å². The Morgan fingerprint density at radius 2 is 1.55 bits per heavy atom. The summed E-state index contributed by atoms with van der Waals surface area (Å²) in [4.78, 5) is 16.5. The molecular formula is C23H26Cl2N4O2. The molecule has 0 unspecified atom stereocenters. The monoisotopic (exact) mass is 460 g/mol. The average Bonchev–Trinajstić information content (AvgIpc) is 2.73. The highest BCUT2D eigenvalue weighted by molar-refractivity contribution is 5.95. The summed E-state index contributed by atoms with van der Waals surface area (Å²) < 4.78 is 0. The molecule has 164 valence electrons. The molecule has 0 aliphatic rings. The Bertz CT molecular complexity index is 1120. The fourth-order valence-electron chi connectivity index (χ4n) is 3.21. The van der Waals surface area contributed by atoms with Crippen molar-refractivity contribution >= 4 is 63.8 Å². The lowest BCUT2D eigenvalue weighted by molar-refractivity contribution is -0.115. The number of benzene rings is 3. The third kappa shape index (κ3) is 6.80. The molecule has 6 nitrogen and oxygen atoms in total. The third-order valence-corrected chi connectivity index (χ3v) is 4.57. The lowest BCUT2D eigenvalue weighted by Crippen LogP contribution is -2.31. The summed E-state index contributed by atoms with van der Waals surface area (Å²) in [5.74, 6) is -0.0813. The van der Waals surface area contributed by atoms with Crippen LogP contribution in [-0.4, -0.2) is 36.0 Å². The Morgan fingerprint density at radius 1 is 0.839 bits per heavy atom. The minimum absolute atomic E-state index is 0. The lowest BCUT2D eigenvalue weighted by Gasteiger charge is -2.11. The van der Waals surface area contributed by atoms with Gasteiger partial charge in [-0.05, 0) is 23.6 Å². The molecule has 1 aromatic heterocycles. The van der Waals surface area contributed by atoms with Crippen LogP contribution in [-0.2, 0) is 4.79 Å². The average molecular weight is 461 g/mol. The molecule has 0 saturated heterocycles. The van der Waals surface area contributed by atoms with Crippen LogP contribution in [0.25, 0.3) is 21.7 Å². The van der Waals surface area contributed by atoms with Crippen molar-refractivity contribution in [3.05, 3.63) is 79.0 Å². The molecule has 4 rings (SSSR count). The summed E-state index contributed by atoms with van der Waals surface area (Å²) in [5, 5.41) is 12.9. The predicted octanol–water partition coefficient (Wildman–Crippen LogP) is 4.05. The highest BCUT2D eigenvalue weighted by Gasteiger charge is 2.04. The fraction of sp³-hybridized carbons (Fsp3) is 0.130. The molecule has 0 saturated carbocycles. The number of fused-ring (bicyclic) bond motifs is 2. The Morgan fingerprint density at radius 3 is 2.39 bits per heavy atom. The normalized spacial score (nSPS) is 9.81. The molecular weight excluding hydrogens is 435 g/mol. The maximum Gasteiger partial charge on any atom is 0.238 e. The van der Waals surface area contributed by atoms with Gasteiger partial charge in [0.1, 0.15) is 0 Å². The molecule has 4 aromatic rings. The Labute approximate surface area is 193 Å². The number of hydrogen-bond donors (Lipinski definition) is 3. The van der Waals surface area contributed by atoms with Crippen LogP contribution >= 0.6 is 24.8 Å². The van der Waals surface area contributed by atoms with Crippen LogP contribution < -0.4 is 16.0 Å². The van der Waals surface area contributed by atoms with E-state index in [2.05, 4.69) is 45.2 Å². The van der Waals surface area contributed by atoms with Crippen LogP contribution in [0.2, 0.25) is 0 Å². The number of carbonyl (C=O) groups is 1. The van der Waals surface area contributed by atoms with Crippen molar-refractivity contribution in [2.75, 3.05) is 30.3 Å². The molecule has 3 aromatic carbocycles. The third-order valence-electron chi connectivity index (χ3n) is 4.57. The highest BCUT2D eigenvalue weighted by atomic mass is 35.5. The van der Waals surface area contributed by atoms with Gasteiger partial charge in [-0.3, -0.25) is 9.78 Å². The van der Waals surface area contributed by atoms with Gasteiger partial charge in [0, 0.05) is 29.5 Å². The quantitative estimate of drug-likeness (QED) is 0.362. The molecule has 0 radical (unpaired) electrons. The standard InChI is InChI=1S/C23H22N4O.2ClH.H2O/c28-23(27-19-14-18-7-2-4-10-21(18)26-15-19)16-24-12-13-25-22-11-5-8-17-6-1-3-9-20(17)22;;;/h1-11,14-15,24-25H,12-13,16H2,(H,27,28);2*1H;1H2. The van der Waals surface area contributed by atoms with E-state index in [1.807, 2.05) is 48.5 Å². The van der Waals surface area contributed by atoms with Crippen molar-refractivity contribution in [2.24, 2.45) is 0 Å². The Kier molecular flexibility index (Phi) is 10.7. The maximum absolute atomic E-state index is 12.1. The van der Waals surface area contributed by atoms with Crippen LogP contribution in [0.15, 0.2) is 79.0 Å². The van der Waals surface area contributed by atoms with Gasteiger partial charge in [0.2, 0.25) is 5.91 Å². The number of aromatic nitrogens is 1. The first-order chi connectivity index (χ1) is 13.8. The van der Waals surface area contributed by atoms with Crippen molar-refractivity contribution in [3.63, 3.8) is 0 Å². The van der Waals surface area contributed by atoms with Gasteiger partial charge < -0.3 is 21.4 Å². The summed E-state index contributed by atoms with van der Waals surface area (Å²) in [5.41, 5.74) is 2.73. The first-order valence-electron chi connectivity index (χ1n) is 9.36. The second kappa shape index (κ2) is 12.7.